The Morgan fingerprint density at radius 2 is 2.13 bits per heavy atom. The first kappa shape index (κ1) is 18.3. The Kier molecular flexibility index (Phi) is 4.42. The SMILES string of the molecule is CCCOc1cccc(C2CC(=O)Nc3c2c(C)nn3-c2ccc3nncn3n2)c1. The third-order valence-corrected chi connectivity index (χ3v) is 5.20. The number of amides is 1. The number of carbonyl (C=O) groups excluding carboxylic acids is 1. The zero-order valence-electron chi connectivity index (χ0n) is 16.7. The van der Waals surface area contributed by atoms with Gasteiger partial charge in [-0.3, -0.25) is 4.79 Å². The number of benzene rings is 1. The molecule has 4 aromatic rings. The number of aromatic nitrogens is 6. The van der Waals surface area contributed by atoms with Gasteiger partial charge in [0, 0.05) is 17.9 Å². The van der Waals surface area contributed by atoms with Crippen molar-refractivity contribution in [1.82, 2.24) is 29.6 Å². The monoisotopic (exact) mass is 403 g/mol. The van der Waals surface area contributed by atoms with Crippen molar-refractivity contribution in [1.29, 1.82) is 0 Å². The van der Waals surface area contributed by atoms with Crippen LogP contribution in [0, 0.1) is 6.92 Å². The number of nitrogens with one attached hydrogen (secondary N) is 1. The summed E-state index contributed by atoms with van der Waals surface area (Å²) in [5.74, 6) is 1.87. The van der Waals surface area contributed by atoms with Gasteiger partial charge in [-0.2, -0.15) is 14.3 Å². The molecule has 152 valence electrons. The Labute approximate surface area is 172 Å². The number of aryl methyl sites for hydroxylation is 1. The number of hydrogen-bond donors (Lipinski definition) is 1. The van der Waals surface area contributed by atoms with Crippen molar-refractivity contribution in [3.63, 3.8) is 0 Å². The molecule has 1 aromatic carbocycles. The first-order chi connectivity index (χ1) is 14.6. The molecule has 0 saturated heterocycles. The zero-order valence-corrected chi connectivity index (χ0v) is 16.7. The molecule has 30 heavy (non-hydrogen) atoms. The Bertz CT molecular complexity index is 1240. The van der Waals surface area contributed by atoms with Gasteiger partial charge in [0.05, 0.1) is 12.3 Å². The number of anilines is 1. The highest BCUT2D eigenvalue weighted by atomic mass is 16.5. The van der Waals surface area contributed by atoms with Crippen molar-refractivity contribution in [3.05, 3.63) is 59.5 Å². The summed E-state index contributed by atoms with van der Waals surface area (Å²) in [6.07, 6.45) is 2.83. The molecular weight excluding hydrogens is 382 g/mol. The highest BCUT2D eigenvalue weighted by molar-refractivity contribution is 5.95. The van der Waals surface area contributed by atoms with E-state index in [0.717, 1.165) is 29.0 Å². The lowest BCUT2D eigenvalue weighted by Gasteiger charge is -2.24. The smallest absolute Gasteiger partial charge is 0.226 e. The van der Waals surface area contributed by atoms with Gasteiger partial charge in [0.15, 0.2) is 11.5 Å². The molecule has 1 unspecified atom stereocenters. The predicted molar refractivity (Wildman–Crippen MR) is 110 cm³/mol. The van der Waals surface area contributed by atoms with Crippen LogP contribution in [0.4, 0.5) is 5.82 Å². The fourth-order valence-electron chi connectivity index (χ4n) is 3.87. The van der Waals surface area contributed by atoms with E-state index < -0.39 is 0 Å². The molecule has 0 spiro atoms. The standard InChI is InChI=1S/C21H21N7O2/c1-3-9-30-15-6-4-5-14(10-15)16-11-19(29)23-21-20(16)13(2)25-28(21)18-8-7-17-24-22-12-27(17)26-18/h4-8,10,12,16H,3,9,11H2,1-2H3,(H,23,29). The summed E-state index contributed by atoms with van der Waals surface area (Å²) < 4.78 is 9.04. The maximum absolute atomic E-state index is 12.6. The summed E-state index contributed by atoms with van der Waals surface area (Å²) in [5, 5.41) is 20.0. The van der Waals surface area contributed by atoms with Crippen LogP contribution in [0.25, 0.3) is 11.5 Å². The lowest BCUT2D eigenvalue weighted by Crippen LogP contribution is -2.25. The molecule has 1 atom stereocenters. The fraction of sp³-hybridized carbons (Fsp3) is 0.286. The van der Waals surface area contributed by atoms with Crippen molar-refractivity contribution in [2.75, 3.05) is 11.9 Å². The van der Waals surface area contributed by atoms with Crippen LogP contribution in [0.15, 0.2) is 42.7 Å². The van der Waals surface area contributed by atoms with Crippen LogP contribution in [0.2, 0.25) is 0 Å². The predicted octanol–water partition coefficient (Wildman–Crippen LogP) is 2.88. The maximum Gasteiger partial charge on any atom is 0.226 e. The minimum atomic E-state index is -0.105. The van der Waals surface area contributed by atoms with E-state index in [-0.39, 0.29) is 11.8 Å². The second-order valence-corrected chi connectivity index (χ2v) is 7.31. The lowest BCUT2D eigenvalue weighted by molar-refractivity contribution is -0.116. The fourth-order valence-corrected chi connectivity index (χ4v) is 3.87. The first-order valence-electron chi connectivity index (χ1n) is 9.93. The van der Waals surface area contributed by atoms with Crippen LogP contribution in [0.5, 0.6) is 5.75 Å². The molecule has 9 nitrogen and oxygen atoms in total. The van der Waals surface area contributed by atoms with E-state index in [9.17, 15) is 4.79 Å². The molecule has 4 heterocycles. The normalized spacial score (nSPS) is 15.8. The maximum atomic E-state index is 12.6. The van der Waals surface area contributed by atoms with Gasteiger partial charge in [0.2, 0.25) is 5.91 Å². The molecule has 0 saturated carbocycles. The minimum Gasteiger partial charge on any atom is -0.494 e. The Hall–Kier alpha value is -3.75. The van der Waals surface area contributed by atoms with Crippen LogP contribution >= 0.6 is 0 Å². The molecule has 0 aliphatic carbocycles. The highest BCUT2D eigenvalue weighted by Crippen LogP contribution is 2.40. The topological polar surface area (TPSA) is 99.2 Å². The summed E-state index contributed by atoms with van der Waals surface area (Å²) in [6.45, 7) is 4.69. The Balaban J connectivity index is 1.59. The van der Waals surface area contributed by atoms with Crippen molar-refractivity contribution >= 4 is 17.4 Å². The average molecular weight is 403 g/mol. The molecule has 9 heteroatoms. The Morgan fingerprint density at radius 1 is 1.23 bits per heavy atom. The molecule has 1 N–H and O–H groups in total. The molecule has 1 amide bonds. The highest BCUT2D eigenvalue weighted by Gasteiger charge is 2.33. The summed E-state index contributed by atoms with van der Waals surface area (Å²) in [4.78, 5) is 12.6. The molecule has 0 bridgehead atoms. The van der Waals surface area contributed by atoms with E-state index >= 15 is 0 Å². The van der Waals surface area contributed by atoms with Crippen molar-refractivity contribution in [2.24, 2.45) is 0 Å². The van der Waals surface area contributed by atoms with Gasteiger partial charge in [-0.05, 0) is 43.2 Å². The van der Waals surface area contributed by atoms with Gasteiger partial charge in [0.25, 0.3) is 0 Å². The molecule has 0 radical (unpaired) electrons. The van der Waals surface area contributed by atoms with E-state index in [2.05, 4.69) is 32.6 Å². The number of rotatable bonds is 5. The largest absolute Gasteiger partial charge is 0.494 e. The third-order valence-electron chi connectivity index (χ3n) is 5.20. The summed E-state index contributed by atoms with van der Waals surface area (Å²) >= 11 is 0. The second-order valence-electron chi connectivity index (χ2n) is 7.31. The van der Waals surface area contributed by atoms with Gasteiger partial charge in [0.1, 0.15) is 17.9 Å². The number of fused-ring (bicyclic) bond motifs is 2. The quantitative estimate of drug-likeness (QED) is 0.550. The van der Waals surface area contributed by atoms with Gasteiger partial charge in [-0.1, -0.05) is 19.1 Å². The number of carbonyl (C=O) groups is 1. The van der Waals surface area contributed by atoms with E-state index in [4.69, 9.17) is 4.74 Å². The Morgan fingerprint density at radius 3 is 3.00 bits per heavy atom. The average Bonchev–Trinajstić information content (AvgIpc) is 3.35. The van der Waals surface area contributed by atoms with Crippen LogP contribution in [0.1, 0.15) is 42.5 Å². The molecule has 5 rings (SSSR count). The van der Waals surface area contributed by atoms with Gasteiger partial charge >= 0.3 is 0 Å². The van der Waals surface area contributed by atoms with E-state index in [1.54, 1.807) is 9.20 Å². The van der Waals surface area contributed by atoms with Crippen molar-refractivity contribution in [3.8, 4) is 11.6 Å². The molecule has 1 aliphatic heterocycles. The third kappa shape index (κ3) is 3.08. The van der Waals surface area contributed by atoms with E-state index in [1.807, 2.05) is 43.3 Å². The van der Waals surface area contributed by atoms with Crippen LogP contribution in [0.3, 0.4) is 0 Å². The van der Waals surface area contributed by atoms with Crippen molar-refractivity contribution < 1.29 is 9.53 Å². The minimum absolute atomic E-state index is 0.0566. The molecule has 1 aliphatic rings. The van der Waals surface area contributed by atoms with Crippen LogP contribution in [-0.2, 0) is 4.79 Å². The number of ether oxygens (including phenoxy) is 1. The summed E-state index contributed by atoms with van der Waals surface area (Å²) in [5.41, 5.74) is 3.51. The van der Waals surface area contributed by atoms with Crippen LogP contribution in [-0.4, -0.2) is 42.1 Å². The molecule has 0 fully saturated rings. The summed E-state index contributed by atoms with van der Waals surface area (Å²) in [6, 6.07) is 11.6. The molecule has 3 aromatic heterocycles. The van der Waals surface area contributed by atoms with E-state index in [0.29, 0.717) is 30.3 Å². The van der Waals surface area contributed by atoms with Crippen molar-refractivity contribution in [2.45, 2.75) is 32.6 Å². The van der Waals surface area contributed by atoms with Crippen LogP contribution < -0.4 is 10.1 Å². The first-order valence-corrected chi connectivity index (χ1v) is 9.93. The second kappa shape index (κ2) is 7.25. The zero-order chi connectivity index (χ0) is 20.7. The van der Waals surface area contributed by atoms with Gasteiger partial charge in [-0.25, -0.2) is 0 Å². The molecular formula is C21H21N7O2. The number of hydrogen-bond acceptors (Lipinski definition) is 6. The summed E-state index contributed by atoms with van der Waals surface area (Å²) in [7, 11) is 0. The van der Waals surface area contributed by atoms with E-state index in [1.165, 1.54) is 6.33 Å². The number of nitrogens with zero attached hydrogens (tertiary/aromatic N) is 6. The lowest BCUT2D eigenvalue weighted by atomic mass is 9.86. The van der Waals surface area contributed by atoms with Gasteiger partial charge < -0.3 is 10.1 Å². The van der Waals surface area contributed by atoms with Gasteiger partial charge in [-0.15, -0.1) is 15.3 Å².